The van der Waals surface area contributed by atoms with Gasteiger partial charge in [-0.05, 0) is 69.1 Å². The zero-order chi connectivity index (χ0) is 24.8. The molecule has 5 aromatic carbocycles. The quantitative estimate of drug-likeness (QED) is 0.279. The average molecular weight is 475 g/mol. The second-order valence-electron chi connectivity index (χ2n) is 9.18. The summed E-state index contributed by atoms with van der Waals surface area (Å²) in [4.78, 5) is 9.44. The Bertz CT molecular complexity index is 1950. The fourth-order valence-electron chi connectivity index (χ4n) is 5.35. The summed E-state index contributed by atoms with van der Waals surface area (Å²) in [5.74, 6) is 0.238. The molecule has 2 heterocycles. The lowest BCUT2D eigenvalue weighted by molar-refractivity contribution is 0.477. The Hall–Kier alpha value is -5.02. The molecule has 0 saturated carbocycles. The van der Waals surface area contributed by atoms with Gasteiger partial charge in [-0.3, -0.25) is 0 Å². The summed E-state index contributed by atoms with van der Waals surface area (Å²) in [5.41, 5.74) is 6.25. The molecule has 0 spiro atoms. The van der Waals surface area contributed by atoms with E-state index in [1.165, 1.54) is 0 Å². The zero-order valence-electron chi connectivity index (χ0n) is 20.0. The lowest BCUT2D eigenvalue weighted by Gasteiger charge is -2.20. The van der Waals surface area contributed by atoms with Gasteiger partial charge in [-0.1, -0.05) is 84.9 Å². The van der Waals surface area contributed by atoms with Crippen LogP contribution < -0.4 is 0 Å². The Labute approximate surface area is 214 Å². The Kier molecular flexibility index (Phi) is 4.93. The van der Waals surface area contributed by atoms with Crippen molar-refractivity contribution in [2.45, 2.75) is 0 Å². The van der Waals surface area contributed by atoms with E-state index in [1.807, 2.05) is 36.4 Å². The number of aromatic nitrogens is 2. The molecule has 0 fully saturated rings. The maximum atomic E-state index is 11.4. The molecule has 174 valence electrons. The highest BCUT2D eigenvalue weighted by atomic mass is 16.3. The molecular formula is C34H22N2O. The van der Waals surface area contributed by atoms with Gasteiger partial charge in [0.15, 0.2) is 5.65 Å². The second-order valence-corrected chi connectivity index (χ2v) is 9.18. The van der Waals surface area contributed by atoms with E-state index in [0.717, 1.165) is 60.4 Å². The average Bonchev–Trinajstić information content (AvgIpc) is 2.96. The summed E-state index contributed by atoms with van der Waals surface area (Å²) >= 11 is 0. The molecule has 0 bridgehead atoms. The molecule has 1 N–H and O–H groups in total. The zero-order valence-corrected chi connectivity index (χ0v) is 20.0. The van der Waals surface area contributed by atoms with Gasteiger partial charge in [0, 0.05) is 28.3 Å². The van der Waals surface area contributed by atoms with Gasteiger partial charge < -0.3 is 5.11 Å². The van der Waals surface area contributed by atoms with Crippen molar-refractivity contribution in [3.63, 3.8) is 0 Å². The Morgan fingerprint density at radius 2 is 1.08 bits per heavy atom. The summed E-state index contributed by atoms with van der Waals surface area (Å²) < 4.78 is 0. The van der Waals surface area contributed by atoms with E-state index in [2.05, 4.69) is 83.8 Å². The van der Waals surface area contributed by atoms with Crippen molar-refractivity contribution in [3.8, 4) is 39.3 Å². The maximum Gasteiger partial charge on any atom is 0.159 e. The SMILES string of the molecule is Oc1ccc(-c2ccc3cccnc3n2)c(-c2cccc3ccccc23)c1-c1cccc2ccccc12. The van der Waals surface area contributed by atoms with Gasteiger partial charge in [0.05, 0.1) is 5.69 Å². The summed E-state index contributed by atoms with van der Waals surface area (Å²) in [6, 6.07) is 41.0. The van der Waals surface area contributed by atoms with Crippen LogP contribution in [0, 0.1) is 0 Å². The van der Waals surface area contributed by atoms with Gasteiger partial charge in [-0.25, -0.2) is 9.97 Å². The van der Waals surface area contributed by atoms with Crippen LogP contribution in [0.15, 0.2) is 128 Å². The van der Waals surface area contributed by atoms with Gasteiger partial charge in [0.1, 0.15) is 5.75 Å². The largest absolute Gasteiger partial charge is 0.507 e. The highest BCUT2D eigenvalue weighted by molar-refractivity contribution is 6.10. The predicted molar refractivity (Wildman–Crippen MR) is 153 cm³/mol. The van der Waals surface area contributed by atoms with E-state index in [0.29, 0.717) is 5.65 Å². The number of phenols is 1. The number of benzene rings is 5. The van der Waals surface area contributed by atoms with E-state index in [9.17, 15) is 5.11 Å². The summed E-state index contributed by atoms with van der Waals surface area (Å²) in [7, 11) is 0. The van der Waals surface area contributed by atoms with Crippen LogP contribution in [0.3, 0.4) is 0 Å². The molecule has 7 rings (SSSR count). The van der Waals surface area contributed by atoms with Crippen LogP contribution in [0.5, 0.6) is 5.75 Å². The highest BCUT2D eigenvalue weighted by Crippen LogP contribution is 2.48. The number of rotatable bonds is 3. The molecule has 0 aliphatic heterocycles. The molecule has 0 unspecified atom stereocenters. The van der Waals surface area contributed by atoms with Crippen molar-refractivity contribution in [2.75, 3.05) is 0 Å². The first kappa shape index (κ1) is 21.3. The molecule has 3 nitrogen and oxygen atoms in total. The van der Waals surface area contributed by atoms with Crippen molar-refractivity contribution in [2.24, 2.45) is 0 Å². The fraction of sp³-hybridized carbons (Fsp3) is 0. The van der Waals surface area contributed by atoms with Crippen molar-refractivity contribution in [1.82, 2.24) is 9.97 Å². The highest BCUT2D eigenvalue weighted by Gasteiger charge is 2.21. The van der Waals surface area contributed by atoms with Gasteiger partial charge in [-0.15, -0.1) is 0 Å². The number of hydrogen-bond donors (Lipinski definition) is 1. The molecule has 7 aromatic rings. The van der Waals surface area contributed by atoms with Crippen molar-refractivity contribution < 1.29 is 5.11 Å². The maximum absolute atomic E-state index is 11.4. The summed E-state index contributed by atoms with van der Waals surface area (Å²) in [6.07, 6.45) is 1.77. The van der Waals surface area contributed by atoms with E-state index < -0.39 is 0 Å². The van der Waals surface area contributed by atoms with Crippen molar-refractivity contribution >= 4 is 32.6 Å². The number of pyridine rings is 2. The van der Waals surface area contributed by atoms with E-state index >= 15 is 0 Å². The molecule has 2 aromatic heterocycles. The third-order valence-electron chi connectivity index (χ3n) is 7.04. The van der Waals surface area contributed by atoms with Crippen LogP contribution in [0.2, 0.25) is 0 Å². The predicted octanol–water partition coefficient (Wildman–Crippen LogP) is 8.64. The van der Waals surface area contributed by atoms with Crippen LogP contribution in [0.1, 0.15) is 0 Å². The van der Waals surface area contributed by atoms with Gasteiger partial charge in [0.2, 0.25) is 0 Å². The van der Waals surface area contributed by atoms with E-state index in [-0.39, 0.29) is 5.75 Å². The first-order valence-electron chi connectivity index (χ1n) is 12.3. The third kappa shape index (κ3) is 3.52. The molecular weight excluding hydrogens is 452 g/mol. The Morgan fingerprint density at radius 1 is 0.459 bits per heavy atom. The first-order chi connectivity index (χ1) is 18.3. The molecule has 0 saturated heterocycles. The van der Waals surface area contributed by atoms with Gasteiger partial charge >= 0.3 is 0 Å². The fourth-order valence-corrected chi connectivity index (χ4v) is 5.35. The lowest BCUT2D eigenvalue weighted by Crippen LogP contribution is -1.95. The number of fused-ring (bicyclic) bond motifs is 3. The first-order valence-corrected chi connectivity index (χ1v) is 12.3. The number of aromatic hydroxyl groups is 1. The molecule has 0 aliphatic rings. The minimum atomic E-state index is 0.238. The molecule has 0 radical (unpaired) electrons. The van der Waals surface area contributed by atoms with Gasteiger partial charge in [0.25, 0.3) is 0 Å². The smallest absolute Gasteiger partial charge is 0.159 e. The molecule has 0 aliphatic carbocycles. The molecule has 3 heteroatoms. The van der Waals surface area contributed by atoms with Crippen LogP contribution in [0.4, 0.5) is 0 Å². The minimum Gasteiger partial charge on any atom is -0.507 e. The Morgan fingerprint density at radius 3 is 1.81 bits per heavy atom. The van der Waals surface area contributed by atoms with Crippen molar-refractivity contribution in [3.05, 3.63) is 128 Å². The lowest BCUT2D eigenvalue weighted by atomic mass is 9.85. The van der Waals surface area contributed by atoms with Gasteiger partial charge in [-0.2, -0.15) is 0 Å². The molecule has 37 heavy (non-hydrogen) atoms. The van der Waals surface area contributed by atoms with Crippen LogP contribution >= 0.6 is 0 Å². The van der Waals surface area contributed by atoms with E-state index in [1.54, 1.807) is 12.3 Å². The van der Waals surface area contributed by atoms with E-state index in [4.69, 9.17) is 4.98 Å². The topological polar surface area (TPSA) is 46.0 Å². The number of hydrogen-bond acceptors (Lipinski definition) is 3. The third-order valence-corrected chi connectivity index (χ3v) is 7.04. The summed E-state index contributed by atoms with van der Waals surface area (Å²) in [5, 5.41) is 16.9. The van der Waals surface area contributed by atoms with Crippen LogP contribution in [0.25, 0.3) is 66.1 Å². The monoisotopic (exact) mass is 474 g/mol. The second kappa shape index (κ2) is 8.58. The number of nitrogens with zero attached hydrogens (tertiary/aromatic N) is 2. The van der Waals surface area contributed by atoms with Crippen molar-refractivity contribution in [1.29, 1.82) is 0 Å². The number of phenolic OH excluding ortho intramolecular Hbond substituents is 1. The Balaban J connectivity index is 1.63. The molecule has 0 amide bonds. The van der Waals surface area contributed by atoms with Crippen LogP contribution in [-0.2, 0) is 0 Å². The standard InChI is InChI=1S/C34H22N2O/c37-31-20-18-29(30-19-17-24-12-7-21-35-34(24)36-30)32(27-15-5-10-22-8-1-3-13-25(22)27)33(31)28-16-6-11-23-9-2-4-14-26(23)28/h1-21,37H. The normalized spacial score (nSPS) is 11.4. The summed E-state index contributed by atoms with van der Waals surface area (Å²) in [6.45, 7) is 0. The van der Waals surface area contributed by atoms with Crippen LogP contribution in [-0.4, -0.2) is 15.1 Å². The minimum absolute atomic E-state index is 0.238. The molecule has 0 atom stereocenters.